The highest BCUT2D eigenvalue weighted by molar-refractivity contribution is 5.33. The van der Waals surface area contributed by atoms with E-state index in [4.69, 9.17) is 20.3 Å². The molecule has 5 aliphatic carbocycles. The minimum atomic E-state index is -1.02. The Morgan fingerprint density at radius 3 is 2.42 bits per heavy atom. The summed E-state index contributed by atoms with van der Waals surface area (Å²) in [5.41, 5.74) is -0.574. The van der Waals surface area contributed by atoms with Gasteiger partial charge in [0.2, 0.25) is 0 Å². The molecule has 48 heavy (non-hydrogen) atoms. The van der Waals surface area contributed by atoms with Gasteiger partial charge in [0.15, 0.2) is 6.29 Å². The highest BCUT2D eigenvalue weighted by Crippen LogP contribution is 2.89. The van der Waals surface area contributed by atoms with E-state index in [1.54, 1.807) is 0 Å². The van der Waals surface area contributed by atoms with Crippen molar-refractivity contribution in [1.29, 1.82) is 0 Å². The number of rotatable bonds is 7. The predicted octanol–water partition coefficient (Wildman–Crippen LogP) is 5.33. The Bertz CT molecular complexity index is 1290. The fraction of sp³-hybridized carbons (Fsp3) is 1.00. The Hall–Kier alpha value is -0.320. The third kappa shape index (κ3) is 4.61. The van der Waals surface area contributed by atoms with Crippen molar-refractivity contribution in [1.82, 2.24) is 9.80 Å². The van der Waals surface area contributed by atoms with Crippen LogP contribution < -0.4 is 0 Å². The normalized spacial score (nSPS) is 53.6. The summed E-state index contributed by atoms with van der Waals surface area (Å²) in [7, 11) is 2.09. The van der Waals surface area contributed by atoms with E-state index in [9.17, 15) is 10.2 Å². The van der Waals surface area contributed by atoms with E-state index in [2.05, 4.69) is 51.5 Å². The lowest BCUT2D eigenvalue weighted by atomic mass is 9.41. The zero-order valence-electron chi connectivity index (χ0n) is 32.6. The molecule has 0 aromatic carbocycles. The summed E-state index contributed by atoms with van der Waals surface area (Å²) in [6.07, 6.45) is 7.68. The largest absolute Gasteiger partial charge is 0.390 e. The van der Waals surface area contributed by atoms with E-state index in [0.29, 0.717) is 48.8 Å². The van der Waals surface area contributed by atoms with Crippen molar-refractivity contribution in [2.45, 2.75) is 155 Å². The summed E-state index contributed by atoms with van der Waals surface area (Å²) in [5, 5.41) is 23.7. The molecule has 0 bridgehead atoms. The second kappa shape index (κ2) is 11.3. The molecule has 14 atom stereocenters. The number of aliphatic hydroxyl groups excluding tert-OH is 1. The summed E-state index contributed by atoms with van der Waals surface area (Å²) in [5.74, 6) is 1.77. The first-order chi connectivity index (χ1) is 22.9. The lowest BCUT2D eigenvalue weighted by Gasteiger charge is -2.64. The average Bonchev–Trinajstić information content (AvgIpc) is 3.65. The number of ether oxygens (including phenoxy) is 4. The third-order valence-electron chi connectivity index (χ3n) is 16.8. The molecule has 8 nitrogen and oxygen atoms in total. The SMILES string of the molecule is [2H]C1(N2CCO[C@@H](O[C@H]3CC[C@]45C[C@]46CC[C@]4(C)[C@@H]7[C@H](O[C@@H]([C@H](OCC)C(C)(C)O)C[C@H]7C)[C@H](O)[C@@]4(C)[C@@H]6CC[C@H]5C3(C)C)C2)CN(C)C1. The molecule has 8 fully saturated rings. The van der Waals surface area contributed by atoms with Gasteiger partial charge in [-0.2, -0.15) is 0 Å². The zero-order chi connectivity index (χ0) is 35.2. The van der Waals surface area contributed by atoms with Gasteiger partial charge in [0.05, 0.1) is 36.6 Å². The number of likely N-dealkylation sites (tertiary alicyclic amines) is 1. The molecule has 8 aliphatic rings. The van der Waals surface area contributed by atoms with Crippen molar-refractivity contribution in [3.8, 4) is 0 Å². The first-order valence-corrected chi connectivity index (χ1v) is 19.8. The van der Waals surface area contributed by atoms with Crippen LogP contribution in [0, 0.1) is 50.7 Å². The molecule has 8 rings (SSSR count). The predicted molar refractivity (Wildman–Crippen MR) is 185 cm³/mol. The fourth-order valence-corrected chi connectivity index (χ4v) is 14.6. The van der Waals surface area contributed by atoms with Crippen molar-refractivity contribution < 1.29 is 30.5 Å². The molecule has 3 heterocycles. The van der Waals surface area contributed by atoms with Crippen LogP contribution in [0.15, 0.2) is 0 Å². The summed E-state index contributed by atoms with van der Waals surface area (Å²) in [4.78, 5) is 4.51. The van der Waals surface area contributed by atoms with Gasteiger partial charge in [-0.1, -0.05) is 34.6 Å². The smallest absolute Gasteiger partial charge is 0.170 e. The zero-order valence-corrected chi connectivity index (χ0v) is 31.6. The summed E-state index contributed by atoms with van der Waals surface area (Å²) >= 11 is 0. The monoisotopic (exact) mass is 674 g/mol. The van der Waals surface area contributed by atoms with Gasteiger partial charge >= 0.3 is 0 Å². The maximum atomic E-state index is 12.6. The van der Waals surface area contributed by atoms with Crippen LogP contribution in [-0.4, -0.2) is 115 Å². The fourth-order valence-electron chi connectivity index (χ4n) is 14.6. The molecule has 2 spiro atoms. The quantitative estimate of drug-likeness (QED) is 0.375. The summed E-state index contributed by atoms with van der Waals surface area (Å²) in [6.45, 7) is 22.2. The van der Waals surface area contributed by atoms with E-state index in [-0.39, 0.29) is 46.3 Å². The van der Waals surface area contributed by atoms with Crippen molar-refractivity contribution in [3.05, 3.63) is 0 Å². The van der Waals surface area contributed by atoms with Gasteiger partial charge in [-0.05, 0) is 125 Å². The molecule has 5 saturated carbocycles. The maximum Gasteiger partial charge on any atom is 0.170 e. The molecule has 3 aliphatic heterocycles. The Morgan fingerprint density at radius 1 is 1.02 bits per heavy atom. The molecule has 3 saturated heterocycles. The second-order valence-corrected chi connectivity index (χ2v) is 19.7. The van der Waals surface area contributed by atoms with Crippen molar-refractivity contribution in [3.63, 3.8) is 0 Å². The van der Waals surface area contributed by atoms with Gasteiger partial charge in [-0.15, -0.1) is 0 Å². The number of nitrogens with zero attached hydrogens (tertiary/aromatic N) is 2. The van der Waals surface area contributed by atoms with Crippen LogP contribution in [0.1, 0.15) is 108 Å². The highest BCUT2D eigenvalue weighted by Gasteiger charge is 2.84. The van der Waals surface area contributed by atoms with Crippen molar-refractivity contribution in [2.24, 2.45) is 50.7 Å². The van der Waals surface area contributed by atoms with E-state index in [0.717, 1.165) is 45.3 Å². The van der Waals surface area contributed by atoms with Crippen molar-refractivity contribution >= 4 is 0 Å². The summed E-state index contributed by atoms with van der Waals surface area (Å²) in [6, 6.07) is -0.511. The van der Waals surface area contributed by atoms with E-state index < -0.39 is 23.8 Å². The Labute approximate surface area is 292 Å². The lowest BCUT2D eigenvalue weighted by molar-refractivity contribution is -0.253. The topological polar surface area (TPSA) is 83.9 Å². The standard InChI is InChI=1S/C40H68N2O6/c1-10-45-34(36(5,6)44)26-19-24(2)31-32(47-26)33(43)38(8)28-12-11-27-35(3,4)29(13-14-39(27)23-40(28,39)16-15-37(31,38)7)48-30-22-42(17-18-46-30)25-20-41(9)21-25/h24-34,43-44H,10-23H2,1-9H3/t24-,26-,27+,28+,29+,30+,31+,32+,33+,34+,37-,38-,39-,40+/m1/s1/i25D. The van der Waals surface area contributed by atoms with Crippen LogP contribution in [0.25, 0.3) is 0 Å². The number of likely N-dealkylation sites (N-methyl/N-ethyl adjacent to an activating group) is 1. The Balaban J connectivity index is 1.01. The highest BCUT2D eigenvalue weighted by atomic mass is 16.7. The summed E-state index contributed by atoms with van der Waals surface area (Å²) < 4.78 is 35.2. The molecule has 0 aromatic heterocycles. The molecule has 274 valence electrons. The number of hydrogen-bond acceptors (Lipinski definition) is 8. The maximum absolute atomic E-state index is 12.6. The van der Waals surface area contributed by atoms with E-state index in [1.807, 2.05) is 20.8 Å². The molecule has 0 unspecified atom stereocenters. The molecule has 0 aromatic rings. The Morgan fingerprint density at radius 2 is 1.73 bits per heavy atom. The molecule has 8 heteroatoms. The second-order valence-electron chi connectivity index (χ2n) is 19.7. The first kappa shape index (κ1) is 33.5. The van der Waals surface area contributed by atoms with Crippen LogP contribution in [0.2, 0.25) is 0 Å². The van der Waals surface area contributed by atoms with Gasteiger partial charge in [0.1, 0.15) is 6.10 Å². The molecule has 0 amide bonds. The molecule has 0 radical (unpaired) electrons. The van der Waals surface area contributed by atoms with E-state index >= 15 is 0 Å². The average molecular weight is 674 g/mol. The number of aliphatic hydroxyl groups is 2. The van der Waals surface area contributed by atoms with Gasteiger partial charge in [0, 0.05) is 45.6 Å². The molecule has 2 N–H and O–H groups in total. The minimum Gasteiger partial charge on any atom is -0.390 e. The van der Waals surface area contributed by atoms with Gasteiger partial charge in [0.25, 0.3) is 0 Å². The molecular formula is C40H68N2O6. The number of hydrogen-bond donors (Lipinski definition) is 2. The van der Waals surface area contributed by atoms with Crippen molar-refractivity contribution in [2.75, 3.05) is 46.4 Å². The van der Waals surface area contributed by atoms with Crippen LogP contribution >= 0.6 is 0 Å². The third-order valence-corrected chi connectivity index (χ3v) is 16.8. The van der Waals surface area contributed by atoms with E-state index in [1.165, 1.54) is 25.7 Å². The van der Waals surface area contributed by atoms with Crippen LogP contribution in [-0.2, 0) is 18.9 Å². The molecular weight excluding hydrogens is 604 g/mol. The number of fused-ring (bicyclic) bond motifs is 4. The van der Waals surface area contributed by atoms with Crippen LogP contribution in [0.4, 0.5) is 0 Å². The van der Waals surface area contributed by atoms with Gasteiger partial charge in [-0.3, -0.25) is 4.90 Å². The van der Waals surface area contributed by atoms with Crippen LogP contribution in [0.5, 0.6) is 0 Å². The minimum absolute atomic E-state index is 0.00826. The van der Waals surface area contributed by atoms with Gasteiger partial charge in [-0.25, -0.2) is 0 Å². The van der Waals surface area contributed by atoms with Crippen LogP contribution in [0.3, 0.4) is 0 Å². The lowest BCUT2D eigenvalue weighted by Crippen LogP contribution is -2.62. The van der Waals surface area contributed by atoms with Gasteiger partial charge < -0.3 is 34.1 Å². The number of morpholine rings is 1. The Kier molecular flexibility index (Phi) is 7.92. The first-order valence-electron chi connectivity index (χ1n) is 20.3.